The normalized spacial score (nSPS) is 15.6. The smallest absolute Gasteiger partial charge is 0.291 e. The first kappa shape index (κ1) is 17.9. The van der Waals surface area contributed by atoms with E-state index in [-0.39, 0.29) is 23.6 Å². The Kier molecular flexibility index (Phi) is 4.39. The summed E-state index contributed by atoms with van der Waals surface area (Å²) in [6, 6.07) is 11.7. The zero-order valence-corrected chi connectivity index (χ0v) is 15.6. The lowest BCUT2D eigenvalue weighted by atomic mass is 9.98. The molecule has 1 aliphatic rings. The number of carbonyl (C=O) groups excluding carboxylic acids is 1. The van der Waals surface area contributed by atoms with Crippen LogP contribution in [0.3, 0.4) is 0 Å². The van der Waals surface area contributed by atoms with Crippen molar-refractivity contribution in [2.45, 2.75) is 6.04 Å². The van der Waals surface area contributed by atoms with Gasteiger partial charge in [0.25, 0.3) is 5.91 Å². The lowest BCUT2D eigenvalue weighted by Crippen LogP contribution is -2.29. The molecule has 2 heterocycles. The molecule has 0 saturated heterocycles. The highest BCUT2D eigenvalue weighted by Gasteiger charge is 2.42. The summed E-state index contributed by atoms with van der Waals surface area (Å²) in [6.45, 7) is 4.02. The first-order chi connectivity index (χ1) is 13.6. The van der Waals surface area contributed by atoms with Crippen molar-refractivity contribution in [3.63, 3.8) is 0 Å². The highest BCUT2D eigenvalue weighted by molar-refractivity contribution is 5.99. The number of benzene rings is 2. The van der Waals surface area contributed by atoms with Crippen LogP contribution in [-0.4, -0.2) is 31.6 Å². The van der Waals surface area contributed by atoms with E-state index in [1.54, 1.807) is 61.6 Å². The molecule has 28 heavy (non-hydrogen) atoms. The summed E-state index contributed by atoms with van der Waals surface area (Å²) < 4.78 is 16.5. The molecule has 0 spiro atoms. The molecule has 0 fully saturated rings. The SMILES string of the molecule is C=CCN1C(=O)c2oc3ccccc3c(=O)c2C1c1ccc(OC)c(OC)c1. The molecule has 1 atom stereocenters. The number of para-hydroxylation sites is 1. The second-order valence-electron chi connectivity index (χ2n) is 6.43. The van der Waals surface area contributed by atoms with Crippen molar-refractivity contribution in [2.75, 3.05) is 20.8 Å². The molecule has 142 valence electrons. The molecule has 1 unspecified atom stereocenters. The van der Waals surface area contributed by atoms with Gasteiger partial charge in [0.1, 0.15) is 5.58 Å². The van der Waals surface area contributed by atoms with Crippen LogP contribution < -0.4 is 14.9 Å². The standard InChI is InChI=1S/C22H19NO5/c1-4-11-23-19(13-9-10-16(26-2)17(12-13)27-3)18-20(24)14-7-5-6-8-15(14)28-21(18)22(23)25/h4-10,12,19H,1,11H2,2-3H3. The molecule has 1 amide bonds. The van der Waals surface area contributed by atoms with E-state index in [9.17, 15) is 9.59 Å². The van der Waals surface area contributed by atoms with E-state index >= 15 is 0 Å². The lowest BCUT2D eigenvalue weighted by Gasteiger charge is -2.24. The third-order valence-corrected chi connectivity index (χ3v) is 4.92. The van der Waals surface area contributed by atoms with Crippen molar-refractivity contribution in [3.8, 4) is 11.5 Å². The van der Waals surface area contributed by atoms with Crippen LogP contribution in [0.4, 0.5) is 0 Å². The molecule has 1 aromatic heterocycles. The molecule has 3 aromatic rings. The van der Waals surface area contributed by atoms with Gasteiger partial charge in [-0.05, 0) is 29.8 Å². The van der Waals surface area contributed by atoms with E-state index in [0.29, 0.717) is 28.0 Å². The molecule has 0 N–H and O–H groups in total. The van der Waals surface area contributed by atoms with Gasteiger partial charge >= 0.3 is 0 Å². The predicted octanol–water partition coefficient (Wildman–Crippen LogP) is 3.54. The fourth-order valence-electron chi connectivity index (χ4n) is 3.66. The van der Waals surface area contributed by atoms with Gasteiger partial charge in [-0.3, -0.25) is 9.59 Å². The predicted molar refractivity (Wildman–Crippen MR) is 105 cm³/mol. The minimum atomic E-state index is -0.596. The summed E-state index contributed by atoms with van der Waals surface area (Å²) in [4.78, 5) is 27.9. The van der Waals surface area contributed by atoms with Crippen molar-refractivity contribution in [1.29, 1.82) is 0 Å². The Bertz CT molecular complexity index is 1150. The van der Waals surface area contributed by atoms with E-state index in [1.807, 2.05) is 6.07 Å². The molecule has 0 saturated carbocycles. The molecule has 6 heteroatoms. The van der Waals surface area contributed by atoms with Gasteiger partial charge in [0.05, 0.1) is 31.2 Å². The van der Waals surface area contributed by atoms with Gasteiger partial charge in [-0.15, -0.1) is 6.58 Å². The molecule has 6 nitrogen and oxygen atoms in total. The van der Waals surface area contributed by atoms with Crippen LogP contribution in [0.1, 0.15) is 27.7 Å². The monoisotopic (exact) mass is 377 g/mol. The number of amides is 1. The van der Waals surface area contributed by atoms with E-state index < -0.39 is 6.04 Å². The van der Waals surface area contributed by atoms with Crippen LogP contribution >= 0.6 is 0 Å². The minimum Gasteiger partial charge on any atom is -0.493 e. The molecule has 0 radical (unpaired) electrons. The number of hydrogen-bond donors (Lipinski definition) is 0. The average molecular weight is 377 g/mol. The Morgan fingerprint density at radius 1 is 1.11 bits per heavy atom. The molecular weight excluding hydrogens is 358 g/mol. The van der Waals surface area contributed by atoms with Crippen LogP contribution in [0.2, 0.25) is 0 Å². The number of rotatable bonds is 5. The molecule has 0 aliphatic carbocycles. The van der Waals surface area contributed by atoms with Crippen molar-refractivity contribution in [1.82, 2.24) is 4.90 Å². The second-order valence-corrected chi connectivity index (χ2v) is 6.43. The number of hydrogen-bond acceptors (Lipinski definition) is 5. The molecule has 1 aliphatic heterocycles. The first-order valence-electron chi connectivity index (χ1n) is 8.80. The van der Waals surface area contributed by atoms with Crippen LogP contribution in [0, 0.1) is 0 Å². The maximum absolute atomic E-state index is 13.3. The molecular formula is C22H19NO5. The highest BCUT2D eigenvalue weighted by Crippen LogP contribution is 2.40. The Balaban J connectivity index is 1.99. The van der Waals surface area contributed by atoms with Gasteiger partial charge in [0.2, 0.25) is 5.76 Å². The fourth-order valence-corrected chi connectivity index (χ4v) is 3.66. The third-order valence-electron chi connectivity index (χ3n) is 4.92. The number of carbonyl (C=O) groups is 1. The summed E-state index contributed by atoms with van der Waals surface area (Å²) in [7, 11) is 3.09. The number of fused-ring (bicyclic) bond motifs is 2. The summed E-state index contributed by atoms with van der Waals surface area (Å²) in [5.74, 6) is 0.823. The van der Waals surface area contributed by atoms with Gasteiger partial charge in [0.15, 0.2) is 16.9 Å². The number of nitrogens with zero attached hydrogens (tertiary/aromatic N) is 1. The quantitative estimate of drug-likeness (QED) is 0.636. The summed E-state index contributed by atoms with van der Waals surface area (Å²) in [5.41, 5.74) is 1.25. The zero-order chi connectivity index (χ0) is 19.8. The van der Waals surface area contributed by atoms with E-state index in [4.69, 9.17) is 13.9 Å². The maximum atomic E-state index is 13.3. The van der Waals surface area contributed by atoms with Gasteiger partial charge in [0, 0.05) is 6.54 Å². The molecule has 2 aromatic carbocycles. The zero-order valence-electron chi connectivity index (χ0n) is 15.6. The van der Waals surface area contributed by atoms with Gasteiger partial charge < -0.3 is 18.8 Å². The first-order valence-corrected chi connectivity index (χ1v) is 8.80. The fraction of sp³-hybridized carbons (Fsp3) is 0.182. The number of ether oxygens (including phenoxy) is 2. The van der Waals surface area contributed by atoms with Crippen LogP contribution in [0.15, 0.2) is 64.3 Å². The molecule has 0 bridgehead atoms. The van der Waals surface area contributed by atoms with Gasteiger partial charge in [-0.25, -0.2) is 0 Å². The largest absolute Gasteiger partial charge is 0.493 e. The summed E-state index contributed by atoms with van der Waals surface area (Å²) in [6.07, 6.45) is 1.63. The highest BCUT2D eigenvalue weighted by atomic mass is 16.5. The van der Waals surface area contributed by atoms with Crippen molar-refractivity contribution in [2.24, 2.45) is 0 Å². The Morgan fingerprint density at radius 2 is 1.86 bits per heavy atom. The third kappa shape index (κ3) is 2.57. The van der Waals surface area contributed by atoms with Gasteiger partial charge in [-0.1, -0.05) is 24.3 Å². The molecule has 4 rings (SSSR count). The Hall–Kier alpha value is -3.54. The summed E-state index contributed by atoms with van der Waals surface area (Å²) >= 11 is 0. The van der Waals surface area contributed by atoms with Crippen molar-refractivity contribution >= 4 is 16.9 Å². The Morgan fingerprint density at radius 3 is 2.57 bits per heavy atom. The second kappa shape index (κ2) is 6.88. The average Bonchev–Trinajstić information content (AvgIpc) is 3.00. The number of methoxy groups -OCH3 is 2. The van der Waals surface area contributed by atoms with E-state index in [2.05, 4.69) is 6.58 Å². The van der Waals surface area contributed by atoms with Crippen molar-refractivity contribution < 1.29 is 18.7 Å². The maximum Gasteiger partial charge on any atom is 0.291 e. The van der Waals surface area contributed by atoms with Crippen LogP contribution in [-0.2, 0) is 0 Å². The van der Waals surface area contributed by atoms with E-state index in [1.165, 1.54) is 0 Å². The van der Waals surface area contributed by atoms with Crippen molar-refractivity contribution in [3.05, 3.63) is 82.2 Å². The summed E-state index contributed by atoms with van der Waals surface area (Å²) in [5, 5.41) is 0.444. The van der Waals surface area contributed by atoms with E-state index in [0.717, 1.165) is 5.56 Å². The minimum absolute atomic E-state index is 0.0744. The van der Waals surface area contributed by atoms with Gasteiger partial charge in [-0.2, -0.15) is 0 Å². The Labute approximate surface area is 161 Å². The lowest BCUT2D eigenvalue weighted by molar-refractivity contribution is 0.0748. The van der Waals surface area contributed by atoms with Crippen LogP contribution in [0.5, 0.6) is 11.5 Å². The topological polar surface area (TPSA) is 69.0 Å². The van der Waals surface area contributed by atoms with Crippen LogP contribution in [0.25, 0.3) is 11.0 Å².